The summed E-state index contributed by atoms with van der Waals surface area (Å²) in [7, 11) is 1.65. The van der Waals surface area contributed by atoms with Gasteiger partial charge in [0.15, 0.2) is 0 Å². The van der Waals surface area contributed by atoms with E-state index in [0.717, 1.165) is 22.4 Å². The number of aryl methyl sites for hydroxylation is 2. The first-order chi connectivity index (χ1) is 12.6. The van der Waals surface area contributed by atoms with E-state index >= 15 is 0 Å². The zero-order valence-corrected chi connectivity index (χ0v) is 16.6. The van der Waals surface area contributed by atoms with Crippen LogP contribution in [0.3, 0.4) is 0 Å². The summed E-state index contributed by atoms with van der Waals surface area (Å²) in [5, 5.41) is 14.0. The molecule has 0 radical (unpaired) electrons. The fourth-order valence-corrected chi connectivity index (χ4v) is 3.12. The van der Waals surface area contributed by atoms with Gasteiger partial charge in [-0.3, -0.25) is 14.9 Å². The molecule has 2 aromatic rings. The van der Waals surface area contributed by atoms with Gasteiger partial charge in [0.25, 0.3) is 11.6 Å². The third kappa shape index (κ3) is 4.45. The van der Waals surface area contributed by atoms with Crippen LogP contribution in [0.25, 0.3) is 0 Å². The van der Waals surface area contributed by atoms with Gasteiger partial charge in [0.2, 0.25) is 0 Å². The maximum atomic E-state index is 12.6. The summed E-state index contributed by atoms with van der Waals surface area (Å²) in [6.45, 7) is 9.70. The summed E-state index contributed by atoms with van der Waals surface area (Å²) in [5.74, 6) is 0.771. The number of hydrogen-bond donors (Lipinski definition) is 1. The van der Waals surface area contributed by atoms with Crippen molar-refractivity contribution in [3.63, 3.8) is 0 Å². The van der Waals surface area contributed by atoms with E-state index < -0.39 is 4.92 Å². The Hall–Kier alpha value is -2.89. The van der Waals surface area contributed by atoms with Gasteiger partial charge in [-0.2, -0.15) is 0 Å². The second kappa shape index (κ2) is 8.20. The van der Waals surface area contributed by atoms with Crippen LogP contribution in [0, 0.1) is 24.0 Å². The van der Waals surface area contributed by atoms with Gasteiger partial charge in [-0.05, 0) is 61.6 Å². The molecule has 0 aliphatic carbocycles. The summed E-state index contributed by atoms with van der Waals surface area (Å²) in [4.78, 5) is 23.2. The Morgan fingerprint density at radius 1 is 1.07 bits per heavy atom. The molecule has 1 N–H and O–H groups in total. The summed E-state index contributed by atoms with van der Waals surface area (Å²) in [6, 6.07) is 8.29. The average Bonchev–Trinajstić information content (AvgIpc) is 2.60. The summed E-state index contributed by atoms with van der Waals surface area (Å²) < 4.78 is 5.47. The molecule has 6 nitrogen and oxygen atoms in total. The molecular formula is C21H26N2O4. The molecule has 0 spiro atoms. The van der Waals surface area contributed by atoms with Gasteiger partial charge in [-0.25, -0.2) is 0 Å². The number of nitrogens with one attached hydrogen (secondary N) is 1. The molecule has 0 saturated heterocycles. The number of carbonyl (C=O) groups is 1. The normalized spacial score (nSPS) is 12.0. The van der Waals surface area contributed by atoms with Crippen molar-refractivity contribution in [2.75, 3.05) is 7.11 Å². The van der Waals surface area contributed by atoms with Crippen LogP contribution in [-0.2, 0) is 0 Å². The zero-order valence-electron chi connectivity index (χ0n) is 16.6. The molecule has 0 aliphatic heterocycles. The lowest BCUT2D eigenvalue weighted by atomic mass is 9.93. The van der Waals surface area contributed by atoms with Crippen LogP contribution >= 0.6 is 0 Å². The van der Waals surface area contributed by atoms with Crippen LogP contribution in [0.2, 0.25) is 0 Å². The minimum atomic E-state index is -0.474. The Balaban J connectivity index is 2.30. The van der Waals surface area contributed by atoms with E-state index in [1.807, 2.05) is 19.9 Å². The Morgan fingerprint density at radius 3 is 2.30 bits per heavy atom. The molecule has 0 aliphatic rings. The molecule has 0 fully saturated rings. The zero-order chi connectivity index (χ0) is 20.3. The number of nitro benzene ring substituents is 1. The third-order valence-electron chi connectivity index (χ3n) is 4.72. The van der Waals surface area contributed by atoms with E-state index in [4.69, 9.17) is 4.74 Å². The quantitative estimate of drug-likeness (QED) is 0.583. The smallest absolute Gasteiger partial charge is 0.273 e. The third-order valence-corrected chi connectivity index (χ3v) is 4.72. The molecule has 144 valence electrons. The lowest BCUT2D eigenvalue weighted by Gasteiger charge is -2.21. The molecule has 6 heteroatoms. The van der Waals surface area contributed by atoms with Gasteiger partial charge < -0.3 is 10.1 Å². The Kier molecular flexibility index (Phi) is 6.20. The summed E-state index contributed by atoms with van der Waals surface area (Å²) in [6.07, 6.45) is 0. The average molecular weight is 370 g/mol. The lowest BCUT2D eigenvalue weighted by molar-refractivity contribution is -0.385. The summed E-state index contributed by atoms with van der Waals surface area (Å²) >= 11 is 0. The fraction of sp³-hybridized carbons (Fsp3) is 0.381. The van der Waals surface area contributed by atoms with Crippen molar-refractivity contribution >= 4 is 11.6 Å². The van der Waals surface area contributed by atoms with Gasteiger partial charge >= 0.3 is 0 Å². The number of methoxy groups -OCH3 is 1. The minimum Gasteiger partial charge on any atom is -0.496 e. The van der Waals surface area contributed by atoms with Crippen LogP contribution in [0.1, 0.15) is 65.3 Å². The molecule has 1 amide bonds. The molecule has 0 unspecified atom stereocenters. The van der Waals surface area contributed by atoms with Crippen LogP contribution in [-0.4, -0.2) is 17.9 Å². The van der Waals surface area contributed by atoms with E-state index in [9.17, 15) is 14.9 Å². The molecule has 27 heavy (non-hydrogen) atoms. The van der Waals surface area contributed by atoms with Crippen molar-refractivity contribution in [2.45, 2.75) is 46.6 Å². The van der Waals surface area contributed by atoms with Gasteiger partial charge in [0.05, 0.1) is 18.1 Å². The van der Waals surface area contributed by atoms with Gasteiger partial charge in [0.1, 0.15) is 5.75 Å². The number of ether oxygens (including phenoxy) is 1. The molecular weight excluding hydrogens is 344 g/mol. The van der Waals surface area contributed by atoms with Crippen molar-refractivity contribution in [3.05, 3.63) is 68.3 Å². The van der Waals surface area contributed by atoms with Gasteiger partial charge in [0, 0.05) is 17.2 Å². The van der Waals surface area contributed by atoms with Crippen molar-refractivity contribution in [1.82, 2.24) is 5.32 Å². The van der Waals surface area contributed by atoms with E-state index in [0.29, 0.717) is 5.56 Å². The monoisotopic (exact) mass is 370 g/mol. The van der Waals surface area contributed by atoms with Crippen molar-refractivity contribution in [1.29, 1.82) is 0 Å². The number of hydrogen-bond acceptors (Lipinski definition) is 4. The predicted molar refractivity (Wildman–Crippen MR) is 106 cm³/mol. The second-order valence-electron chi connectivity index (χ2n) is 7.06. The lowest BCUT2D eigenvalue weighted by Crippen LogP contribution is -2.27. The van der Waals surface area contributed by atoms with Gasteiger partial charge in [-0.15, -0.1) is 0 Å². The van der Waals surface area contributed by atoms with E-state index in [1.54, 1.807) is 26.2 Å². The standard InChI is InChI=1S/C21H26N2O4/c1-12(2)17-11-18(14(4)9-20(17)27-6)15(5)22-21(24)16-8-7-13(3)19(10-16)23(25)26/h7-12,15H,1-6H3,(H,22,24)/t15-/m1/s1. The highest BCUT2D eigenvalue weighted by atomic mass is 16.6. The number of amides is 1. The maximum absolute atomic E-state index is 12.6. The molecule has 2 rings (SSSR count). The predicted octanol–water partition coefficient (Wildman–Crippen LogP) is 4.83. The highest BCUT2D eigenvalue weighted by Crippen LogP contribution is 2.32. The van der Waals surface area contributed by atoms with E-state index in [1.165, 1.54) is 6.07 Å². The number of carbonyl (C=O) groups excluding carboxylic acids is 1. The number of nitro groups is 1. The molecule has 0 aromatic heterocycles. The Labute approximate surface area is 159 Å². The Morgan fingerprint density at radius 2 is 1.74 bits per heavy atom. The molecule has 0 saturated carbocycles. The van der Waals surface area contributed by atoms with E-state index in [-0.39, 0.29) is 29.1 Å². The first kappa shape index (κ1) is 20.4. The first-order valence-corrected chi connectivity index (χ1v) is 8.90. The number of rotatable bonds is 6. The van der Waals surface area contributed by atoms with E-state index in [2.05, 4.69) is 25.2 Å². The van der Waals surface area contributed by atoms with Crippen molar-refractivity contribution in [3.8, 4) is 5.75 Å². The van der Waals surface area contributed by atoms with Crippen LogP contribution in [0.4, 0.5) is 5.69 Å². The fourth-order valence-electron chi connectivity index (χ4n) is 3.12. The molecule has 0 bridgehead atoms. The number of benzene rings is 2. The van der Waals surface area contributed by atoms with Crippen LogP contribution < -0.4 is 10.1 Å². The topological polar surface area (TPSA) is 81.5 Å². The van der Waals surface area contributed by atoms with Crippen LogP contribution in [0.15, 0.2) is 30.3 Å². The van der Waals surface area contributed by atoms with Gasteiger partial charge in [-0.1, -0.05) is 19.9 Å². The summed E-state index contributed by atoms with van der Waals surface area (Å²) in [5.41, 5.74) is 3.82. The Bertz CT molecular complexity index is 875. The van der Waals surface area contributed by atoms with Crippen molar-refractivity contribution < 1.29 is 14.5 Å². The number of nitrogens with zero attached hydrogens (tertiary/aromatic N) is 1. The molecule has 0 heterocycles. The highest BCUT2D eigenvalue weighted by molar-refractivity contribution is 5.95. The highest BCUT2D eigenvalue weighted by Gasteiger charge is 2.19. The van der Waals surface area contributed by atoms with Crippen LogP contribution in [0.5, 0.6) is 5.75 Å². The molecule has 1 atom stereocenters. The first-order valence-electron chi connectivity index (χ1n) is 8.90. The second-order valence-corrected chi connectivity index (χ2v) is 7.06. The maximum Gasteiger partial charge on any atom is 0.273 e. The molecule has 2 aromatic carbocycles. The minimum absolute atomic E-state index is 0.0574. The SMILES string of the molecule is COc1cc(C)c([C@@H](C)NC(=O)c2ccc(C)c([N+](=O)[O-])c2)cc1C(C)C. The largest absolute Gasteiger partial charge is 0.496 e. The van der Waals surface area contributed by atoms with Crippen molar-refractivity contribution in [2.24, 2.45) is 0 Å².